The van der Waals surface area contributed by atoms with E-state index >= 15 is 0 Å². The minimum Gasteiger partial charge on any atom is -0.469 e. The number of methoxy groups -OCH3 is 1. The number of carbonyl (C=O) groups excluding carboxylic acids is 7. The monoisotopic (exact) mass is 931 g/mol. The predicted octanol–water partition coefficient (Wildman–Crippen LogP) is 3.97. The normalized spacial score (nSPS) is 15.0. The number of ketones is 3. The van der Waals surface area contributed by atoms with Crippen LogP contribution in [0.2, 0.25) is 0 Å². The molecule has 1 unspecified atom stereocenters. The molecule has 66 heavy (non-hydrogen) atoms. The van der Waals surface area contributed by atoms with E-state index in [4.69, 9.17) is 34.2 Å². The second-order valence-electron chi connectivity index (χ2n) is 16.5. The van der Waals surface area contributed by atoms with Crippen molar-refractivity contribution >= 4 is 46.9 Å². The Bertz CT molecular complexity index is 1680. The van der Waals surface area contributed by atoms with Gasteiger partial charge < -0.3 is 55.2 Å². The van der Waals surface area contributed by atoms with Crippen molar-refractivity contribution in [1.82, 2.24) is 10.6 Å². The van der Waals surface area contributed by atoms with Crippen LogP contribution in [0.3, 0.4) is 0 Å². The van der Waals surface area contributed by atoms with E-state index in [-0.39, 0.29) is 102 Å². The number of esters is 1. The van der Waals surface area contributed by atoms with Crippen molar-refractivity contribution < 1.29 is 67.1 Å². The van der Waals surface area contributed by atoms with Crippen LogP contribution in [0.5, 0.6) is 0 Å². The molecular formula is C48H74N4O14. The Morgan fingerprint density at radius 2 is 1.41 bits per heavy atom. The Balaban J connectivity index is 1.73. The molecule has 0 spiro atoms. The average Bonchev–Trinajstić information content (AvgIpc) is 3.28. The van der Waals surface area contributed by atoms with Crippen LogP contribution in [0.15, 0.2) is 24.3 Å². The zero-order valence-electron chi connectivity index (χ0n) is 39.2. The molecule has 4 atom stereocenters. The average molecular weight is 931 g/mol. The maximum atomic E-state index is 13.8. The Kier molecular flexibility index (Phi) is 30.8. The van der Waals surface area contributed by atoms with Gasteiger partial charge in [0.1, 0.15) is 18.5 Å². The fourth-order valence-electron chi connectivity index (χ4n) is 6.87. The molecule has 0 saturated carbocycles. The number of benzene rings is 1. The number of hydrogen-bond acceptors (Lipinski definition) is 14. The maximum absolute atomic E-state index is 13.8. The van der Waals surface area contributed by atoms with Gasteiger partial charge in [-0.25, -0.2) is 4.79 Å². The molecular weight excluding hydrogens is 857 g/mol. The first kappa shape index (κ1) is 57.4. The largest absolute Gasteiger partial charge is 0.469 e. The summed E-state index contributed by atoms with van der Waals surface area (Å²) in [6.45, 7) is 6.12. The summed E-state index contributed by atoms with van der Waals surface area (Å²) in [5, 5.41) is 17.4. The molecule has 0 aliphatic heterocycles. The van der Waals surface area contributed by atoms with E-state index in [0.29, 0.717) is 63.5 Å². The quantitative estimate of drug-likeness (QED) is 0.0360. The van der Waals surface area contributed by atoms with Gasteiger partial charge in [-0.2, -0.15) is 0 Å². The Hall–Kier alpha value is -4.77. The van der Waals surface area contributed by atoms with Crippen LogP contribution >= 0.6 is 0 Å². The smallest absolute Gasteiger partial charge is 0.312 e. The molecule has 1 aliphatic carbocycles. The lowest BCUT2D eigenvalue weighted by Crippen LogP contribution is -2.48. The third kappa shape index (κ3) is 27.0. The first-order chi connectivity index (χ1) is 31.8. The lowest BCUT2D eigenvalue weighted by atomic mass is 9.88. The minimum atomic E-state index is -1.01. The molecule has 1 aromatic carbocycles. The molecule has 0 heterocycles. The van der Waals surface area contributed by atoms with Crippen molar-refractivity contribution in [2.24, 2.45) is 23.5 Å². The van der Waals surface area contributed by atoms with Crippen LogP contribution < -0.4 is 21.7 Å². The van der Waals surface area contributed by atoms with Crippen LogP contribution in [-0.2, 0) is 63.8 Å². The minimum absolute atomic E-state index is 0.00685. The van der Waals surface area contributed by atoms with Crippen molar-refractivity contribution in [3.8, 4) is 11.8 Å². The number of aliphatic hydroxyl groups excluding tert-OH is 1. The number of urea groups is 1. The van der Waals surface area contributed by atoms with E-state index in [9.17, 15) is 38.7 Å². The fraction of sp³-hybridized carbons (Fsp3) is 0.688. The molecule has 0 saturated heterocycles. The van der Waals surface area contributed by atoms with E-state index < -0.39 is 47.5 Å². The summed E-state index contributed by atoms with van der Waals surface area (Å²) < 4.78 is 32.6. The van der Waals surface area contributed by atoms with Crippen molar-refractivity contribution in [1.29, 1.82) is 0 Å². The fourth-order valence-corrected chi connectivity index (χ4v) is 6.87. The molecule has 0 fully saturated rings. The summed E-state index contributed by atoms with van der Waals surface area (Å²) in [4.78, 5) is 89.3. The summed E-state index contributed by atoms with van der Waals surface area (Å²) in [6, 6.07) is 4.85. The van der Waals surface area contributed by atoms with Gasteiger partial charge in [0.25, 0.3) is 0 Å². The highest BCUT2D eigenvalue weighted by atomic mass is 16.6. The molecule has 0 aromatic heterocycles. The molecule has 1 aliphatic rings. The van der Waals surface area contributed by atoms with Gasteiger partial charge in [-0.15, -0.1) is 5.92 Å². The summed E-state index contributed by atoms with van der Waals surface area (Å²) in [5.41, 5.74) is 6.30. The zero-order chi connectivity index (χ0) is 48.4. The number of rotatable bonds is 37. The summed E-state index contributed by atoms with van der Waals surface area (Å²) >= 11 is 0. The van der Waals surface area contributed by atoms with Crippen molar-refractivity contribution in [3.63, 3.8) is 0 Å². The van der Waals surface area contributed by atoms with E-state index in [0.717, 1.165) is 32.1 Å². The number of primary amides is 1. The first-order valence-corrected chi connectivity index (χ1v) is 23.2. The molecule has 4 amide bonds. The Labute approximate surface area is 389 Å². The number of carbonyl (C=O) groups is 7. The molecule has 0 bridgehead atoms. The van der Waals surface area contributed by atoms with Gasteiger partial charge in [0, 0.05) is 69.2 Å². The van der Waals surface area contributed by atoms with Crippen LogP contribution in [-0.4, -0.2) is 132 Å². The second kappa shape index (κ2) is 35.4. The van der Waals surface area contributed by atoms with Crippen LogP contribution in [0.4, 0.5) is 10.5 Å². The highest BCUT2D eigenvalue weighted by Crippen LogP contribution is 2.21. The summed E-state index contributed by atoms with van der Waals surface area (Å²) in [5.74, 6) is 1.87. The SMILES string of the molecule is COC(=O)CC[C@H](CC(=O)CCOCCOCCOCCOCCCC(=O)COC1C#CCCCCC1)C(=O)N[C@H](C(=O)C[C@@H](CCCNC(N)=O)C(=O)Nc1ccc(CO)cc1)C(C)C. The van der Waals surface area contributed by atoms with E-state index in [1.807, 2.05) is 0 Å². The number of nitrogens with two attached hydrogens (primary N) is 1. The van der Waals surface area contributed by atoms with Gasteiger partial charge >= 0.3 is 12.0 Å². The highest BCUT2D eigenvalue weighted by molar-refractivity contribution is 5.98. The topological polar surface area (TPSA) is 257 Å². The number of anilines is 1. The Morgan fingerprint density at radius 3 is 2.05 bits per heavy atom. The first-order valence-electron chi connectivity index (χ1n) is 23.2. The zero-order valence-corrected chi connectivity index (χ0v) is 39.2. The number of hydrogen-bond donors (Lipinski definition) is 5. The lowest BCUT2D eigenvalue weighted by molar-refractivity contribution is -0.142. The van der Waals surface area contributed by atoms with E-state index in [1.165, 1.54) is 7.11 Å². The van der Waals surface area contributed by atoms with Crippen molar-refractivity contribution in [2.75, 3.05) is 78.4 Å². The molecule has 6 N–H and O–H groups in total. The van der Waals surface area contributed by atoms with Crippen LogP contribution in [0.1, 0.15) is 109 Å². The standard InChI is InChI=1S/C48H74N4O14/c1-35(2)45(43(56)32-37(11-9-22-50-48(49)60)46(58)51-39-18-15-36(33-53)16-19-39)52-47(59)38(17-20-44(57)61-3)31-40(54)21-24-63-26-28-65-30-29-64-27-25-62-23-10-12-41(55)34-66-42-13-7-5-4-6-8-14-42/h15-16,18-19,35,37-38,42,45,53H,4-7,9-13,17,20-34H2,1-3H3,(H,51,58)(H,52,59)(H3,49,50,60)/t37-,38-,42?,45+/m1/s1. The van der Waals surface area contributed by atoms with Crippen LogP contribution in [0, 0.1) is 29.6 Å². The summed E-state index contributed by atoms with van der Waals surface area (Å²) in [7, 11) is 1.23. The number of Topliss-reactive ketones (excluding diaryl/α,β-unsaturated/α-hetero) is 3. The van der Waals surface area contributed by atoms with E-state index in [1.54, 1.807) is 38.1 Å². The van der Waals surface area contributed by atoms with Crippen molar-refractivity contribution in [2.45, 2.75) is 122 Å². The number of ether oxygens (including phenoxy) is 6. The molecule has 370 valence electrons. The number of aliphatic hydroxyl groups is 1. The number of nitrogens with one attached hydrogen (secondary N) is 3. The Morgan fingerprint density at radius 1 is 0.758 bits per heavy atom. The van der Waals surface area contributed by atoms with Gasteiger partial charge in [-0.05, 0) is 68.6 Å². The van der Waals surface area contributed by atoms with Gasteiger partial charge in [0.2, 0.25) is 11.8 Å². The third-order valence-electron chi connectivity index (χ3n) is 10.7. The van der Waals surface area contributed by atoms with Gasteiger partial charge in [0.15, 0.2) is 11.6 Å². The highest BCUT2D eigenvalue weighted by Gasteiger charge is 2.32. The van der Waals surface area contributed by atoms with Gasteiger partial charge in [0.05, 0.1) is 66.0 Å². The van der Waals surface area contributed by atoms with Crippen molar-refractivity contribution in [3.05, 3.63) is 29.8 Å². The predicted molar refractivity (Wildman–Crippen MR) is 245 cm³/mol. The lowest BCUT2D eigenvalue weighted by Gasteiger charge is -2.26. The van der Waals surface area contributed by atoms with Gasteiger partial charge in [-0.1, -0.05) is 38.3 Å². The molecule has 18 nitrogen and oxygen atoms in total. The third-order valence-corrected chi connectivity index (χ3v) is 10.7. The second-order valence-corrected chi connectivity index (χ2v) is 16.5. The van der Waals surface area contributed by atoms with Crippen LogP contribution in [0.25, 0.3) is 0 Å². The van der Waals surface area contributed by atoms with E-state index in [2.05, 4.69) is 27.8 Å². The molecule has 2 rings (SSSR count). The van der Waals surface area contributed by atoms with Gasteiger partial charge in [-0.3, -0.25) is 28.8 Å². The summed E-state index contributed by atoms with van der Waals surface area (Å²) in [6.07, 6.45) is 6.00. The molecule has 0 radical (unpaired) electrons. The number of amides is 4. The maximum Gasteiger partial charge on any atom is 0.312 e. The molecule has 1 aromatic rings. The molecule has 18 heteroatoms.